The number of nitrogens with zero attached hydrogens (tertiary/aromatic N) is 1. The van der Waals surface area contributed by atoms with Gasteiger partial charge in [-0.1, -0.05) is 30.3 Å². The number of hydrogen-bond acceptors (Lipinski definition) is 8. The first-order valence-electron chi connectivity index (χ1n) is 12.0. The molecule has 3 amide bonds. The number of nitrogens with one attached hydrogen (secondary N) is 2. The maximum atomic E-state index is 13.4. The van der Waals surface area contributed by atoms with Gasteiger partial charge in [0.15, 0.2) is 0 Å². The van der Waals surface area contributed by atoms with Gasteiger partial charge in [0.25, 0.3) is 0 Å². The van der Waals surface area contributed by atoms with Gasteiger partial charge in [-0.05, 0) is 44.5 Å². The molecule has 0 spiro atoms. The predicted octanol–water partition coefficient (Wildman–Crippen LogP) is 3.52. The van der Waals surface area contributed by atoms with E-state index in [1.165, 1.54) is 23.8 Å². The van der Waals surface area contributed by atoms with Crippen LogP contribution in [-0.2, 0) is 30.3 Å². The van der Waals surface area contributed by atoms with Gasteiger partial charge in [-0.2, -0.15) is 0 Å². The number of para-hydroxylation sites is 1. The van der Waals surface area contributed by atoms with Gasteiger partial charge in [-0.15, -0.1) is 11.8 Å². The van der Waals surface area contributed by atoms with Crippen LogP contribution in [0, 0.1) is 0 Å². The van der Waals surface area contributed by atoms with Gasteiger partial charge < -0.3 is 29.7 Å². The van der Waals surface area contributed by atoms with Crippen LogP contribution in [0.3, 0.4) is 0 Å². The molecule has 1 aliphatic rings. The van der Waals surface area contributed by atoms with Crippen LogP contribution >= 0.6 is 11.8 Å². The number of urea groups is 1. The van der Waals surface area contributed by atoms with Crippen LogP contribution in [0.4, 0.5) is 10.5 Å². The Morgan fingerprint density at radius 2 is 1.79 bits per heavy atom. The molecule has 2 aromatic carbocycles. The maximum Gasteiger partial charge on any atom is 0.330 e. The Morgan fingerprint density at radius 3 is 2.47 bits per heavy atom. The van der Waals surface area contributed by atoms with Crippen molar-refractivity contribution in [3.8, 4) is 5.75 Å². The van der Waals surface area contributed by atoms with Crippen LogP contribution in [-0.4, -0.2) is 66.9 Å². The number of methoxy groups -OCH3 is 2. The van der Waals surface area contributed by atoms with Crippen molar-refractivity contribution < 1.29 is 33.4 Å². The summed E-state index contributed by atoms with van der Waals surface area (Å²) >= 11 is 1.43. The molecule has 0 aliphatic carbocycles. The second-order valence-corrected chi connectivity index (χ2v) is 10.7. The summed E-state index contributed by atoms with van der Waals surface area (Å²) in [5, 5.41) is 4.71. The Balaban J connectivity index is 1.73. The molecule has 38 heavy (non-hydrogen) atoms. The van der Waals surface area contributed by atoms with Gasteiger partial charge in [-0.25, -0.2) is 9.59 Å². The van der Waals surface area contributed by atoms with Crippen molar-refractivity contribution in [2.24, 2.45) is 0 Å². The number of carbonyl (C=O) groups is 4. The quantitative estimate of drug-likeness (QED) is 0.485. The molecular weight excluding hydrogens is 510 g/mol. The molecular formula is C27H33N3O7S. The summed E-state index contributed by atoms with van der Waals surface area (Å²) in [5.41, 5.74) is 1.14. The van der Waals surface area contributed by atoms with E-state index in [-0.39, 0.29) is 13.0 Å². The molecule has 2 atom stereocenters. The summed E-state index contributed by atoms with van der Waals surface area (Å²) in [6.45, 7) is 4.95. The highest BCUT2D eigenvalue weighted by Crippen LogP contribution is 2.45. The topological polar surface area (TPSA) is 123 Å². The molecule has 1 heterocycles. The van der Waals surface area contributed by atoms with E-state index in [2.05, 4.69) is 15.4 Å². The Kier molecular flexibility index (Phi) is 9.62. The monoisotopic (exact) mass is 543 g/mol. The molecule has 0 bridgehead atoms. The summed E-state index contributed by atoms with van der Waals surface area (Å²) < 4.78 is 15.7. The van der Waals surface area contributed by atoms with E-state index >= 15 is 0 Å². The van der Waals surface area contributed by atoms with Crippen LogP contribution in [0.25, 0.3) is 0 Å². The lowest BCUT2D eigenvalue weighted by Gasteiger charge is -2.31. The van der Waals surface area contributed by atoms with E-state index in [0.29, 0.717) is 22.8 Å². The Morgan fingerprint density at radius 1 is 1.05 bits per heavy atom. The average molecular weight is 544 g/mol. The van der Waals surface area contributed by atoms with Crippen molar-refractivity contribution in [2.75, 3.05) is 31.8 Å². The molecule has 0 aromatic heterocycles. The van der Waals surface area contributed by atoms with Gasteiger partial charge in [0, 0.05) is 17.0 Å². The zero-order valence-corrected chi connectivity index (χ0v) is 22.9. The van der Waals surface area contributed by atoms with Crippen molar-refractivity contribution in [1.82, 2.24) is 10.2 Å². The van der Waals surface area contributed by atoms with Crippen LogP contribution in [0.2, 0.25) is 0 Å². The molecule has 10 nitrogen and oxygen atoms in total. The minimum absolute atomic E-state index is 0.0646. The number of benzene rings is 2. The minimum atomic E-state index is -0.832. The highest BCUT2D eigenvalue weighted by molar-refractivity contribution is 7.99. The number of carbonyl (C=O) groups excluding carboxylic acids is 4. The third-order valence-electron chi connectivity index (χ3n) is 5.53. The Hall–Kier alpha value is -3.73. The molecule has 11 heteroatoms. The highest BCUT2D eigenvalue weighted by atomic mass is 32.2. The number of esters is 2. The van der Waals surface area contributed by atoms with E-state index in [1.807, 2.05) is 18.2 Å². The zero-order chi connectivity index (χ0) is 27.9. The molecule has 0 radical (unpaired) electrons. The molecule has 2 aromatic rings. The van der Waals surface area contributed by atoms with E-state index < -0.39 is 40.9 Å². The molecule has 2 N–H and O–H groups in total. The number of hydrogen-bond donors (Lipinski definition) is 2. The lowest BCUT2D eigenvalue weighted by atomic mass is 10.1. The normalized spacial score (nSPS) is 16.9. The fourth-order valence-corrected chi connectivity index (χ4v) is 5.35. The smallest absolute Gasteiger partial charge is 0.330 e. The van der Waals surface area contributed by atoms with Crippen LogP contribution < -0.4 is 15.4 Å². The lowest BCUT2D eigenvalue weighted by molar-refractivity contribution is -0.163. The minimum Gasteiger partial charge on any atom is -0.496 e. The van der Waals surface area contributed by atoms with Crippen molar-refractivity contribution in [2.45, 2.75) is 44.2 Å². The SMILES string of the molecule is COC(=O)Cc1cccc(NC(=O)NCC(=O)N2[C@@H](c3ccccc3OC)SC[C@H]2C(=O)OC(C)(C)C)c1. The molecule has 1 saturated heterocycles. The first kappa shape index (κ1) is 28.8. The summed E-state index contributed by atoms with van der Waals surface area (Å²) in [6.07, 6.45) is 0.0646. The van der Waals surface area contributed by atoms with Gasteiger partial charge in [0.2, 0.25) is 5.91 Å². The van der Waals surface area contributed by atoms with Crippen LogP contribution in [0.1, 0.15) is 37.3 Å². The molecule has 1 fully saturated rings. The number of ether oxygens (including phenoxy) is 3. The molecule has 204 valence electrons. The van der Waals surface area contributed by atoms with Gasteiger partial charge in [0.1, 0.15) is 22.8 Å². The van der Waals surface area contributed by atoms with Crippen LogP contribution in [0.15, 0.2) is 48.5 Å². The third-order valence-corrected chi connectivity index (χ3v) is 6.84. The number of amides is 3. The van der Waals surface area contributed by atoms with E-state index in [9.17, 15) is 19.2 Å². The first-order valence-corrected chi connectivity index (χ1v) is 13.1. The van der Waals surface area contributed by atoms with Crippen molar-refractivity contribution in [1.29, 1.82) is 0 Å². The fourth-order valence-electron chi connectivity index (χ4n) is 3.89. The molecule has 3 rings (SSSR count). The molecule has 0 unspecified atom stereocenters. The summed E-state index contributed by atoms with van der Waals surface area (Å²) in [4.78, 5) is 52.0. The van der Waals surface area contributed by atoms with Crippen molar-refractivity contribution in [3.63, 3.8) is 0 Å². The van der Waals surface area contributed by atoms with E-state index in [0.717, 1.165) is 5.56 Å². The fraction of sp³-hybridized carbons (Fsp3) is 0.407. The lowest BCUT2D eigenvalue weighted by Crippen LogP contribution is -2.49. The Bertz CT molecular complexity index is 1180. The van der Waals surface area contributed by atoms with E-state index in [4.69, 9.17) is 9.47 Å². The van der Waals surface area contributed by atoms with Crippen molar-refractivity contribution in [3.05, 3.63) is 59.7 Å². The van der Waals surface area contributed by atoms with Gasteiger partial charge >= 0.3 is 18.0 Å². The summed E-state index contributed by atoms with van der Waals surface area (Å²) in [7, 11) is 2.85. The first-order chi connectivity index (χ1) is 18.0. The Labute approximate surface area is 226 Å². The van der Waals surface area contributed by atoms with E-state index in [1.54, 1.807) is 58.2 Å². The highest BCUT2D eigenvalue weighted by Gasteiger charge is 2.44. The predicted molar refractivity (Wildman–Crippen MR) is 144 cm³/mol. The summed E-state index contributed by atoms with van der Waals surface area (Å²) in [5.74, 6) is -0.434. The standard InChI is InChI=1S/C27H33N3O7S/c1-27(2,3)37-25(33)20-16-38-24(19-11-6-7-12-21(19)35-4)30(20)22(31)15-28-26(34)29-18-10-8-9-17(13-18)14-23(32)36-5/h6-13,20,24H,14-16H2,1-5H3,(H2,28,29,34)/t20-,24+/m0/s1. The number of rotatable bonds is 8. The summed E-state index contributed by atoms with van der Waals surface area (Å²) in [6, 6.07) is 12.6. The van der Waals surface area contributed by atoms with Crippen molar-refractivity contribution >= 4 is 41.3 Å². The van der Waals surface area contributed by atoms with Gasteiger partial charge in [0.05, 0.1) is 27.2 Å². The second kappa shape index (κ2) is 12.7. The van der Waals surface area contributed by atoms with Crippen LogP contribution in [0.5, 0.6) is 5.75 Å². The molecule has 0 saturated carbocycles. The van der Waals surface area contributed by atoms with Gasteiger partial charge in [-0.3, -0.25) is 9.59 Å². The zero-order valence-electron chi connectivity index (χ0n) is 22.1. The largest absolute Gasteiger partial charge is 0.496 e. The third kappa shape index (κ3) is 7.64. The molecule has 1 aliphatic heterocycles. The second-order valence-electron chi connectivity index (χ2n) is 9.54. The number of anilines is 1. The number of thioether (sulfide) groups is 1. The maximum absolute atomic E-state index is 13.4. The average Bonchev–Trinajstić information content (AvgIpc) is 3.32.